The molecular formula is C12H15NO2. The van der Waals surface area contributed by atoms with E-state index in [2.05, 4.69) is 4.98 Å². The van der Waals surface area contributed by atoms with Crippen LogP contribution in [0.4, 0.5) is 0 Å². The summed E-state index contributed by atoms with van der Waals surface area (Å²) in [5, 5.41) is 10.1. The number of nitrogens with zero attached hydrogens (tertiary/aromatic N) is 1. The molecule has 1 aliphatic carbocycles. The Hall–Kier alpha value is -1.22. The molecule has 1 saturated carbocycles. The number of hydrogen-bond donors (Lipinski definition) is 1. The minimum Gasteiger partial charge on any atom is -0.382 e. The van der Waals surface area contributed by atoms with Gasteiger partial charge in [0.25, 0.3) is 0 Å². The summed E-state index contributed by atoms with van der Waals surface area (Å²) in [5.41, 5.74) is -0.126. The van der Waals surface area contributed by atoms with E-state index in [9.17, 15) is 9.90 Å². The number of ketones is 1. The molecule has 3 heteroatoms. The number of aliphatic hydroxyl groups is 1. The molecule has 1 fully saturated rings. The summed E-state index contributed by atoms with van der Waals surface area (Å²) in [6.45, 7) is 0. The highest BCUT2D eigenvalue weighted by atomic mass is 16.3. The number of carbonyl (C=O) groups excluding carboxylic acids is 1. The minimum atomic E-state index is -1.05. The van der Waals surface area contributed by atoms with Crippen LogP contribution in [0.3, 0.4) is 0 Å². The van der Waals surface area contributed by atoms with E-state index in [4.69, 9.17) is 0 Å². The fourth-order valence-electron chi connectivity index (χ4n) is 2.09. The van der Waals surface area contributed by atoms with Gasteiger partial charge in [-0.15, -0.1) is 0 Å². The molecule has 0 amide bonds. The molecular weight excluding hydrogens is 190 g/mol. The van der Waals surface area contributed by atoms with Gasteiger partial charge in [0.05, 0.1) is 0 Å². The van der Waals surface area contributed by atoms with Gasteiger partial charge in [-0.3, -0.25) is 9.78 Å². The Bertz CT molecular complexity index is 342. The second kappa shape index (κ2) is 4.11. The largest absolute Gasteiger partial charge is 0.382 e. The number of pyridine rings is 1. The summed E-state index contributed by atoms with van der Waals surface area (Å²) >= 11 is 0. The van der Waals surface area contributed by atoms with Gasteiger partial charge in [0.1, 0.15) is 5.60 Å². The van der Waals surface area contributed by atoms with Crippen molar-refractivity contribution in [2.45, 2.75) is 37.7 Å². The Morgan fingerprint density at radius 3 is 2.53 bits per heavy atom. The van der Waals surface area contributed by atoms with Crippen LogP contribution in [-0.2, 0) is 11.2 Å². The summed E-state index contributed by atoms with van der Waals surface area (Å²) in [6.07, 6.45) is 6.81. The SMILES string of the molecule is O=C(Cc1ccncc1)C1(O)CCCC1. The summed E-state index contributed by atoms with van der Waals surface area (Å²) in [6, 6.07) is 3.63. The van der Waals surface area contributed by atoms with Gasteiger partial charge in [-0.1, -0.05) is 0 Å². The normalized spacial score (nSPS) is 19.0. The molecule has 15 heavy (non-hydrogen) atoms. The third kappa shape index (κ3) is 2.23. The van der Waals surface area contributed by atoms with Crippen LogP contribution in [0.1, 0.15) is 31.2 Å². The first-order chi connectivity index (χ1) is 7.21. The first-order valence-electron chi connectivity index (χ1n) is 5.35. The van der Waals surface area contributed by atoms with Crippen molar-refractivity contribution in [3.63, 3.8) is 0 Å². The third-order valence-corrected chi connectivity index (χ3v) is 3.06. The Labute approximate surface area is 89.2 Å². The van der Waals surface area contributed by atoms with Crippen LogP contribution in [0.5, 0.6) is 0 Å². The molecule has 1 aromatic rings. The maximum Gasteiger partial charge on any atom is 0.168 e. The minimum absolute atomic E-state index is 0.0498. The van der Waals surface area contributed by atoms with E-state index in [1.165, 1.54) is 0 Å². The Morgan fingerprint density at radius 2 is 1.93 bits per heavy atom. The van der Waals surface area contributed by atoms with E-state index in [0.717, 1.165) is 18.4 Å². The van der Waals surface area contributed by atoms with Gasteiger partial charge in [-0.25, -0.2) is 0 Å². The molecule has 0 bridgehead atoms. The van der Waals surface area contributed by atoms with Crippen molar-refractivity contribution >= 4 is 5.78 Å². The summed E-state index contributed by atoms with van der Waals surface area (Å²) in [4.78, 5) is 15.8. The quantitative estimate of drug-likeness (QED) is 0.813. The first-order valence-corrected chi connectivity index (χ1v) is 5.35. The van der Waals surface area contributed by atoms with Gasteiger partial charge < -0.3 is 5.11 Å². The second-order valence-electron chi connectivity index (χ2n) is 4.19. The number of aromatic nitrogens is 1. The highest BCUT2D eigenvalue weighted by Gasteiger charge is 2.37. The average molecular weight is 205 g/mol. The molecule has 80 valence electrons. The lowest BCUT2D eigenvalue weighted by Crippen LogP contribution is -2.36. The third-order valence-electron chi connectivity index (χ3n) is 3.06. The van der Waals surface area contributed by atoms with Crippen LogP contribution < -0.4 is 0 Å². The van der Waals surface area contributed by atoms with Gasteiger partial charge >= 0.3 is 0 Å². The molecule has 1 aliphatic rings. The van der Waals surface area contributed by atoms with E-state index >= 15 is 0 Å². The number of rotatable bonds is 3. The summed E-state index contributed by atoms with van der Waals surface area (Å²) in [5.74, 6) is -0.0498. The lowest BCUT2D eigenvalue weighted by atomic mass is 9.92. The molecule has 0 saturated heterocycles. The van der Waals surface area contributed by atoms with Crippen LogP contribution in [0.2, 0.25) is 0 Å². The first kappa shape index (κ1) is 10.3. The predicted molar refractivity (Wildman–Crippen MR) is 56.4 cm³/mol. The summed E-state index contributed by atoms with van der Waals surface area (Å²) in [7, 11) is 0. The van der Waals surface area contributed by atoms with Crippen LogP contribution in [-0.4, -0.2) is 21.5 Å². The van der Waals surface area contributed by atoms with Gasteiger partial charge in [0, 0.05) is 18.8 Å². The molecule has 3 nitrogen and oxygen atoms in total. The Kier molecular flexibility index (Phi) is 2.82. The van der Waals surface area contributed by atoms with Crippen LogP contribution in [0.25, 0.3) is 0 Å². The molecule has 1 N–H and O–H groups in total. The zero-order valence-corrected chi connectivity index (χ0v) is 8.65. The van der Waals surface area contributed by atoms with Crippen molar-refractivity contribution in [2.24, 2.45) is 0 Å². The molecule has 0 radical (unpaired) electrons. The Balaban J connectivity index is 2.04. The van der Waals surface area contributed by atoms with E-state index in [1.54, 1.807) is 12.4 Å². The molecule has 1 aromatic heterocycles. The van der Waals surface area contributed by atoms with Gasteiger partial charge in [0.15, 0.2) is 5.78 Å². The van der Waals surface area contributed by atoms with Crippen LogP contribution >= 0.6 is 0 Å². The summed E-state index contributed by atoms with van der Waals surface area (Å²) < 4.78 is 0. The molecule has 0 aromatic carbocycles. The fraction of sp³-hybridized carbons (Fsp3) is 0.500. The van der Waals surface area contributed by atoms with E-state index < -0.39 is 5.60 Å². The lowest BCUT2D eigenvalue weighted by Gasteiger charge is -2.20. The second-order valence-corrected chi connectivity index (χ2v) is 4.19. The van der Waals surface area contributed by atoms with Crippen molar-refractivity contribution in [2.75, 3.05) is 0 Å². The van der Waals surface area contributed by atoms with Gasteiger partial charge in [0.2, 0.25) is 0 Å². The molecule has 0 atom stereocenters. The number of Topliss-reactive ketones (excluding diaryl/α,β-unsaturated/α-hetero) is 1. The van der Waals surface area contributed by atoms with Crippen molar-refractivity contribution < 1.29 is 9.90 Å². The maximum atomic E-state index is 11.9. The van der Waals surface area contributed by atoms with Crippen molar-refractivity contribution in [1.29, 1.82) is 0 Å². The monoisotopic (exact) mass is 205 g/mol. The zero-order chi connectivity index (χ0) is 10.7. The maximum absolute atomic E-state index is 11.9. The topological polar surface area (TPSA) is 50.2 Å². The highest BCUT2D eigenvalue weighted by molar-refractivity contribution is 5.89. The fourth-order valence-corrected chi connectivity index (χ4v) is 2.09. The van der Waals surface area contributed by atoms with Gasteiger partial charge in [-0.2, -0.15) is 0 Å². The number of carbonyl (C=O) groups is 1. The van der Waals surface area contributed by atoms with Crippen molar-refractivity contribution in [1.82, 2.24) is 4.98 Å². The van der Waals surface area contributed by atoms with Crippen LogP contribution in [0.15, 0.2) is 24.5 Å². The van der Waals surface area contributed by atoms with Crippen LogP contribution in [0, 0.1) is 0 Å². The molecule has 0 unspecified atom stereocenters. The lowest BCUT2D eigenvalue weighted by molar-refractivity contribution is -0.136. The van der Waals surface area contributed by atoms with Gasteiger partial charge in [-0.05, 0) is 43.4 Å². The molecule has 0 aliphatic heterocycles. The zero-order valence-electron chi connectivity index (χ0n) is 8.65. The van der Waals surface area contributed by atoms with E-state index in [1.807, 2.05) is 12.1 Å². The predicted octanol–water partition coefficient (Wildman–Crippen LogP) is 1.50. The standard InChI is InChI=1S/C12H15NO2/c14-11(12(15)5-1-2-6-12)9-10-3-7-13-8-4-10/h3-4,7-8,15H,1-2,5-6,9H2. The van der Waals surface area contributed by atoms with Crippen molar-refractivity contribution in [3.05, 3.63) is 30.1 Å². The van der Waals surface area contributed by atoms with Crippen molar-refractivity contribution in [3.8, 4) is 0 Å². The highest BCUT2D eigenvalue weighted by Crippen LogP contribution is 2.31. The molecule has 2 rings (SSSR count). The van der Waals surface area contributed by atoms with E-state index in [0.29, 0.717) is 19.3 Å². The smallest absolute Gasteiger partial charge is 0.168 e. The molecule has 0 spiro atoms. The molecule has 1 heterocycles. The average Bonchev–Trinajstić information content (AvgIpc) is 2.68. The van der Waals surface area contributed by atoms with E-state index in [-0.39, 0.29) is 5.78 Å². The Morgan fingerprint density at radius 1 is 1.33 bits per heavy atom. The number of hydrogen-bond acceptors (Lipinski definition) is 3.